The van der Waals surface area contributed by atoms with Crippen molar-refractivity contribution in [1.29, 1.82) is 0 Å². The molecule has 15 heavy (non-hydrogen) atoms. The summed E-state index contributed by atoms with van der Waals surface area (Å²) in [5.41, 5.74) is 0. The first-order valence-corrected chi connectivity index (χ1v) is 6.71. The molecule has 0 atom stereocenters. The molecule has 0 aliphatic rings. The van der Waals surface area contributed by atoms with E-state index in [2.05, 4.69) is 26.8 Å². The second-order valence-corrected chi connectivity index (χ2v) is 4.92. The summed E-state index contributed by atoms with van der Waals surface area (Å²) in [6.07, 6.45) is 16.6. The van der Waals surface area contributed by atoms with Crippen LogP contribution in [0.5, 0.6) is 0 Å². The predicted octanol–water partition coefficient (Wildman–Crippen LogP) is 5.54. The lowest BCUT2D eigenvalue weighted by Gasteiger charge is -2.04. The van der Waals surface area contributed by atoms with Crippen LogP contribution in [0, 0.1) is 12.8 Å². The van der Waals surface area contributed by atoms with Gasteiger partial charge in [-0.3, -0.25) is 0 Å². The lowest BCUT2D eigenvalue weighted by atomic mass is 10.0. The summed E-state index contributed by atoms with van der Waals surface area (Å²) in [4.78, 5) is 0. The molecule has 0 aromatic carbocycles. The number of rotatable bonds is 10. The highest BCUT2D eigenvalue weighted by molar-refractivity contribution is 4.83. The molecular weight excluding hydrogens is 180 g/mol. The highest BCUT2D eigenvalue weighted by Crippen LogP contribution is 2.12. The van der Waals surface area contributed by atoms with E-state index >= 15 is 0 Å². The van der Waals surface area contributed by atoms with E-state index in [4.69, 9.17) is 0 Å². The maximum Gasteiger partial charge on any atom is -0.0316 e. The minimum absolute atomic E-state index is 0.888. The van der Waals surface area contributed by atoms with Crippen molar-refractivity contribution in [3.05, 3.63) is 19.1 Å². The lowest BCUT2D eigenvalue weighted by Crippen LogP contribution is -1.87. The molecule has 0 aliphatic carbocycles. The maximum absolute atomic E-state index is 3.69. The van der Waals surface area contributed by atoms with Crippen molar-refractivity contribution in [3.8, 4) is 0 Å². The van der Waals surface area contributed by atoms with Crippen LogP contribution >= 0.6 is 0 Å². The average molecular weight is 209 g/mol. The van der Waals surface area contributed by atoms with Crippen LogP contribution in [0.4, 0.5) is 0 Å². The lowest BCUT2D eigenvalue weighted by molar-refractivity contribution is 0.509. The Kier molecular flexibility index (Phi) is 11.6. The quantitative estimate of drug-likeness (QED) is 0.414. The summed E-state index contributed by atoms with van der Waals surface area (Å²) in [6.45, 7) is 8.32. The fourth-order valence-electron chi connectivity index (χ4n) is 1.82. The van der Waals surface area contributed by atoms with E-state index < -0.39 is 0 Å². The molecule has 89 valence electrons. The highest BCUT2D eigenvalue weighted by atomic mass is 14.0. The molecule has 0 aliphatic heterocycles. The van der Waals surface area contributed by atoms with E-state index in [-0.39, 0.29) is 0 Å². The minimum atomic E-state index is 0.888. The van der Waals surface area contributed by atoms with Gasteiger partial charge in [0.05, 0.1) is 0 Å². The molecule has 0 saturated carbocycles. The second-order valence-electron chi connectivity index (χ2n) is 4.92. The summed E-state index contributed by atoms with van der Waals surface area (Å²) < 4.78 is 0. The molecule has 0 saturated heterocycles. The Balaban J connectivity index is 2.92. The second kappa shape index (κ2) is 11.8. The van der Waals surface area contributed by atoms with Crippen LogP contribution in [0.1, 0.15) is 71.6 Å². The molecule has 0 heteroatoms. The van der Waals surface area contributed by atoms with Crippen molar-refractivity contribution in [3.63, 3.8) is 0 Å². The number of unbranched alkanes of at least 4 members (excludes halogenated alkanes) is 7. The molecule has 1 radical (unpaired) electrons. The van der Waals surface area contributed by atoms with E-state index in [0.29, 0.717) is 0 Å². The topological polar surface area (TPSA) is 0 Å². The molecule has 0 aromatic rings. The number of hydrogen-bond acceptors (Lipinski definition) is 0. The van der Waals surface area contributed by atoms with Gasteiger partial charge in [-0.05, 0) is 25.7 Å². The van der Waals surface area contributed by atoms with Crippen LogP contribution < -0.4 is 0 Å². The molecular formula is C15H29. The van der Waals surface area contributed by atoms with Gasteiger partial charge in [0.2, 0.25) is 0 Å². The van der Waals surface area contributed by atoms with E-state index in [1.807, 2.05) is 6.08 Å². The van der Waals surface area contributed by atoms with Crippen molar-refractivity contribution in [2.75, 3.05) is 0 Å². The Bertz CT molecular complexity index is 133. The van der Waals surface area contributed by atoms with Crippen LogP contribution in [-0.4, -0.2) is 0 Å². The highest BCUT2D eigenvalue weighted by Gasteiger charge is 1.94. The van der Waals surface area contributed by atoms with Gasteiger partial charge >= 0.3 is 0 Å². The summed E-state index contributed by atoms with van der Waals surface area (Å²) in [5, 5.41) is 0. The van der Waals surface area contributed by atoms with Gasteiger partial charge in [0.25, 0.3) is 0 Å². The van der Waals surface area contributed by atoms with Crippen molar-refractivity contribution < 1.29 is 0 Å². The normalized spacial score (nSPS) is 11.7. The SMILES string of the molecule is [CH2]C=CCCCCCCCCCC(C)C. The van der Waals surface area contributed by atoms with Crippen LogP contribution in [0.25, 0.3) is 0 Å². The molecule has 0 fully saturated rings. The summed E-state index contributed by atoms with van der Waals surface area (Å²) in [6, 6.07) is 0. The molecule has 0 unspecified atom stereocenters. The monoisotopic (exact) mass is 209 g/mol. The van der Waals surface area contributed by atoms with Gasteiger partial charge in [0.1, 0.15) is 0 Å². The fraction of sp³-hybridized carbons (Fsp3) is 0.800. The Morgan fingerprint density at radius 1 is 0.867 bits per heavy atom. The molecule has 0 bridgehead atoms. The van der Waals surface area contributed by atoms with Gasteiger partial charge in [-0.1, -0.05) is 70.9 Å². The van der Waals surface area contributed by atoms with Gasteiger partial charge in [0.15, 0.2) is 0 Å². The van der Waals surface area contributed by atoms with Gasteiger partial charge in [-0.2, -0.15) is 0 Å². The fourth-order valence-corrected chi connectivity index (χ4v) is 1.82. The first-order valence-electron chi connectivity index (χ1n) is 6.71. The number of allylic oxidation sites excluding steroid dienone is 2. The Hall–Kier alpha value is -0.260. The van der Waals surface area contributed by atoms with E-state index in [0.717, 1.165) is 5.92 Å². The van der Waals surface area contributed by atoms with Crippen molar-refractivity contribution >= 4 is 0 Å². The van der Waals surface area contributed by atoms with Gasteiger partial charge in [-0.25, -0.2) is 0 Å². The summed E-state index contributed by atoms with van der Waals surface area (Å²) >= 11 is 0. The zero-order chi connectivity index (χ0) is 11.4. The zero-order valence-electron chi connectivity index (χ0n) is 10.8. The third kappa shape index (κ3) is 13.7. The Labute approximate surface area is 97.2 Å². The molecule has 0 nitrogen and oxygen atoms in total. The first kappa shape index (κ1) is 14.7. The summed E-state index contributed by atoms with van der Waals surface area (Å²) in [7, 11) is 0. The molecule has 0 rings (SSSR count). The Morgan fingerprint density at radius 3 is 1.93 bits per heavy atom. The van der Waals surface area contributed by atoms with Crippen molar-refractivity contribution in [2.45, 2.75) is 71.6 Å². The maximum atomic E-state index is 3.69. The van der Waals surface area contributed by atoms with Gasteiger partial charge in [-0.15, -0.1) is 0 Å². The van der Waals surface area contributed by atoms with Crippen LogP contribution in [0.15, 0.2) is 12.2 Å². The predicted molar refractivity (Wildman–Crippen MR) is 70.9 cm³/mol. The van der Waals surface area contributed by atoms with Gasteiger partial charge < -0.3 is 0 Å². The van der Waals surface area contributed by atoms with Crippen molar-refractivity contribution in [2.24, 2.45) is 5.92 Å². The number of hydrogen-bond donors (Lipinski definition) is 0. The molecule has 0 aromatic heterocycles. The standard InChI is InChI=1S/C15H29/c1-4-5-6-7-8-9-10-11-12-13-14-15(2)3/h4-5,15H,1,6-14H2,2-3H3. The molecule has 0 N–H and O–H groups in total. The van der Waals surface area contributed by atoms with Crippen LogP contribution in [0.2, 0.25) is 0 Å². The minimum Gasteiger partial charge on any atom is -0.0885 e. The van der Waals surface area contributed by atoms with E-state index in [1.165, 1.54) is 57.8 Å². The first-order chi connectivity index (χ1) is 7.27. The Morgan fingerprint density at radius 2 is 1.40 bits per heavy atom. The van der Waals surface area contributed by atoms with E-state index in [9.17, 15) is 0 Å². The van der Waals surface area contributed by atoms with Crippen LogP contribution in [0.3, 0.4) is 0 Å². The third-order valence-corrected chi connectivity index (χ3v) is 2.82. The van der Waals surface area contributed by atoms with Crippen LogP contribution in [-0.2, 0) is 0 Å². The summed E-state index contributed by atoms with van der Waals surface area (Å²) in [5.74, 6) is 0.888. The molecule has 0 spiro atoms. The molecule has 0 amide bonds. The zero-order valence-corrected chi connectivity index (χ0v) is 10.8. The van der Waals surface area contributed by atoms with Gasteiger partial charge in [0, 0.05) is 0 Å². The van der Waals surface area contributed by atoms with E-state index in [1.54, 1.807) is 0 Å². The van der Waals surface area contributed by atoms with Crippen molar-refractivity contribution in [1.82, 2.24) is 0 Å². The average Bonchev–Trinajstić information content (AvgIpc) is 2.20. The largest absolute Gasteiger partial charge is 0.0885 e. The molecule has 0 heterocycles. The smallest absolute Gasteiger partial charge is 0.0316 e. The third-order valence-electron chi connectivity index (χ3n) is 2.82.